The molecule has 1 heterocycles. The Morgan fingerprint density at radius 2 is 2.25 bits per heavy atom. The first-order valence-electron chi connectivity index (χ1n) is 7.39. The summed E-state index contributed by atoms with van der Waals surface area (Å²) in [7, 11) is 0. The van der Waals surface area contributed by atoms with Crippen LogP contribution in [0.3, 0.4) is 0 Å². The molecule has 0 aliphatic heterocycles. The summed E-state index contributed by atoms with van der Waals surface area (Å²) < 4.78 is 13.8. The van der Waals surface area contributed by atoms with E-state index in [4.69, 9.17) is 0 Å². The Morgan fingerprint density at radius 1 is 1.40 bits per heavy atom. The Morgan fingerprint density at radius 3 is 3.00 bits per heavy atom. The highest BCUT2D eigenvalue weighted by molar-refractivity contribution is 7.99. The van der Waals surface area contributed by atoms with Crippen molar-refractivity contribution in [3.05, 3.63) is 12.0 Å². The second kappa shape index (κ2) is 7.67. The van der Waals surface area contributed by atoms with Crippen molar-refractivity contribution in [3.8, 4) is 0 Å². The minimum absolute atomic E-state index is 0.309. The van der Waals surface area contributed by atoms with E-state index in [2.05, 4.69) is 34.4 Å². The highest BCUT2D eigenvalue weighted by Crippen LogP contribution is 2.32. The monoisotopic (exact) mass is 298 g/mol. The van der Waals surface area contributed by atoms with Gasteiger partial charge in [0.2, 0.25) is 5.95 Å². The Labute approximate surface area is 124 Å². The molecule has 1 aromatic rings. The van der Waals surface area contributed by atoms with Gasteiger partial charge < -0.3 is 10.6 Å². The van der Waals surface area contributed by atoms with Crippen molar-refractivity contribution >= 4 is 23.5 Å². The second-order valence-electron chi connectivity index (χ2n) is 4.99. The largest absolute Gasteiger partial charge is 0.364 e. The lowest BCUT2D eigenvalue weighted by Crippen LogP contribution is -2.27. The number of nitrogens with zero attached hydrogens (tertiary/aromatic N) is 2. The third-order valence-electron chi connectivity index (χ3n) is 3.43. The third kappa shape index (κ3) is 3.98. The first-order valence-corrected chi connectivity index (χ1v) is 8.44. The van der Waals surface area contributed by atoms with Crippen molar-refractivity contribution in [2.45, 2.75) is 50.8 Å². The summed E-state index contributed by atoms with van der Waals surface area (Å²) in [6.45, 7) is 5.03. The summed E-state index contributed by atoms with van der Waals surface area (Å²) in [5.74, 6) is 1.54. The summed E-state index contributed by atoms with van der Waals surface area (Å²) >= 11 is 1.95. The van der Waals surface area contributed by atoms with Gasteiger partial charge in [-0.2, -0.15) is 16.7 Å². The number of aromatic nitrogens is 2. The van der Waals surface area contributed by atoms with E-state index in [1.165, 1.54) is 19.0 Å². The van der Waals surface area contributed by atoms with Crippen LogP contribution in [0.2, 0.25) is 0 Å². The zero-order valence-electron chi connectivity index (χ0n) is 12.2. The number of hydrogen-bond acceptors (Lipinski definition) is 5. The molecule has 4 nitrogen and oxygen atoms in total. The van der Waals surface area contributed by atoms with Gasteiger partial charge in [0.25, 0.3) is 0 Å². The minimum Gasteiger partial charge on any atom is -0.364 e. The smallest absolute Gasteiger partial charge is 0.224 e. The molecule has 6 heteroatoms. The van der Waals surface area contributed by atoms with Crippen molar-refractivity contribution < 1.29 is 4.39 Å². The van der Waals surface area contributed by atoms with Gasteiger partial charge in [-0.05, 0) is 25.0 Å². The minimum atomic E-state index is -0.376. The lowest BCUT2D eigenvalue weighted by atomic mass is 10.2. The Hall–Kier alpha value is -1.04. The summed E-state index contributed by atoms with van der Waals surface area (Å²) in [6.07, 6.45) is 5.71. The fourth-order valence-electron chi connectivity index (χ4n) is 2.47. The van der Waals surface area contributed by atoms with E-state index in [-0.39, 0.29) is 5.82 Å². The zero-order valence-corrected chi connectivity index (χ0v) is 13.0. The molecule has 1 saturated carbocycles. The summed E-state index contributed by atoms with van der Waals surface area (Å²) in [5.41, 5.74) is 0. The van der Waals surface area contributed by atoms with Gasteiger partial charge in [-0.15, -0.1) is 0 Å². The second-order valence-corrected chi connectivity index (χ2v) is 6.51. The average Bonchev–Trinajstić information content (AvgIpc) is 2.87. The van der Waals surface area contributed by atoms with Gasteiger partial charge in [-0.25, -0.2) is 9.37 Å². The quantitative estimate of drug-likeness (QED) is 0.806. The summed E-state index contributed by atoms with van der Waals surface area (Å²) in [4.78, 5) is 8.21. The van der Waals surface area contributed by atoms with Crippen LogP contribution in [0.1, 0.15) is 39.5 Å². The molecule has 1 aliphatic carbocycles. The maximum Gasteiger partial charge on any atom is 0.224 e. The zero-order chi connectivity index (χ0) is 14.4. The van der Waals surface area contributed by atoms with Crippen LogP contribution in [-0.4, -0.2) is 33.6 Å². The Balaban J connectivity index is 2.03. The number of nitrogens with one attached hydrogen (secondary N) is 2. The van der Waals surface area contributed by atoms with Crippen molar-refractivity contribution in [1.82, 2.24) is 9.97 Å². The molecule has 2 unspecified atom stereocenters. The maximum absolute atomic E-state index is 13.8. The van der Waals surface area contributed by atoms with Gasteiger partial charge in [0.15, 0.2) is 11.6 Å². The van der Waals surface area contributed by atoms with Crippen molar-refractivity contribution in [3.63, 3.8) is 0 Å². The van der Waals surface area contributed by atoms with E-state index in [0.29, 0.717) is 23.1 Å². The fraction of sp³-hybridized carbons (Fsp3) is 0.714. The van der Waals surface area contributed by atoms with Crippen LogP contribution in [0, 0.1) is 5.82 Å². The molecule has 0 aromatic carbocycles. The summed E-state index contributed by atoms with van der Waals surface area (Å²) in [5, 5.41) is 6.92. The van der Waals surface area contributed by atoms with E-state index in [0.717, 1.165) is 25.1 Å². The average molecular weight is 298 g/mol. The van der Waals surface area contributed by atoms with Gasteiger partial charge in [0.1, 0.15) is 0 Å². The molecule has 0 bridgehead atoms. The van der Waals surface area contributed by atoms with Crippen molar-refractivity contribution in [2.75, 3.05) is 22.9 Å². The number of anilines is 2. The number of rotatable bonds is 7. The standard InChI is InChI=1S/C14H23FN4S/c1-3-8-16-14-17-9-10(15)13(19-14)18-11-6-5-7-12(11)20-4-2/h9,11-12H,3-8H2,1-2H3,(H2,16,17,18,19). The predicted molar refractivity (Wildman–Crippen MR) is 84.0 cm³/mol. The predicted octanol–water partition coefficient (Wildman–Crippen LogP) is 3.52. The lowest BCUT2D eigenvalue weighted by Gasteiger charge is -2.21. The molecular weight excluding hydrogens is 275 g/mol. The molecule has 20 heavy (non-hydrogen) atoms. The molecule has 2 rings (SSSR count). The van der Waals surface area contributed by atoms with Crippen LogP contribution < -0.4 is 10.6 Å². The van der Waals surface area contributed by atoms with E-state index in [1.807, 2.05) is 11.8 Å². The van der Waals surface area contributed by atoms with Crippen LogP contribution in [-0.2, 0) is 0 Å². The van der Waals surface area contributed by atoms with E-state index in [9.17, 15) is 4.39 Å². The molecule has 1 fully saturated rings. The molecular formula is C14H23FN4S. The van der Waals surface area contributed by atoms with Gasteiger partial charge in [-0.1, -0.05) is 20.3 Å². The van der Waals surface area contributed by atoms with Crippen LogP contribution in [0.25, 0.3) is 0 Å². The number of hydrogen-bond donors (Lipinski definition) is 2. The number of halogens is 1. The Kier molecular flexibility index (Phi) is 5.88. The third-order valence-corrected chi connectivity index (χ3v) is 4.76. The first-order chi connectivity index (χ1) is 9.74. The topological polar surface area (TPSA) is 49.8 Å². The molecule has 1 aliphatic rings. The highest BCUT2D eigenvalue weighted by Gasteiger charge is 2.28. The maximum atomic E-state index is 13.8. The van der Waals surface area contributed by atoms with Crippen LogP contribution in [0.15, 0.2) is 6.20 Å². The molecule has 2 N–H and O–H groups in total. The fourth-order valence-corrected chi connectivity index (χ4v) is 3.67. The van der Waals surface area contributed by atoms with Crippen molar-refractivity contribution in [1.29, 1.82) is 0 Å². The van der Waals surface area contributed by atoms with E-state index in [1.54, 1.807) is 0 Å². The molecule has 0 radical (unpaired) electrons. The van der Waals surface area contributed by atoms with Crippen LogP contribution in [0.4, 0.5) is 16.2 Å². The SMILES string of the molecule is CCCNc1ncc(F)c(NC2CCCC2SCC)n1. The van der Waals surface area contributed by atoms with E-state index >= 15 is 0 Å². The number of thioether (sulfide) groups is 1. The normalized spacial score (nSPS) is 21.9. The lowest BCUT2D eigenvalue weighted by molar-refractivity contribution is 0.611. The van der Waals surface area contributed by atoms with Crippen LogP contribution in [0.5, 0.6) is 0 Å². The van der Waals surface area contributed by atoms with Crippen LogP contribution >= 0.6 is 11.8 Å². The molecule has 0 saturated heterocycles. The van der Waals surface area contributed by atoms with Gasteiger partial charge >= 0.3 is 0 Å². The Bertz CT molecular complexity index is 430. The van der Waals surface area contributed by atoms with Crippen molar-refractivity contribution in [2.24, 2.45) is 0 Å². The summed E-state index contributed by atoms with van der Waals surface area (Å²) in [6, 6.07) is 0.309. The van der Waals surface area contributed by atoms with Gasteiger partial charge in [-0.3, -0.25) is 0 Å². The molecule has 1 aromatic heterocycles. The molecule has 0 amide bonds. The van der Waals surface area contributed by atoms with Gasteiger partial charge in [0, 0.05) is 17.8 Å². The van der Waals surface area contributed by atoms with E-state index < -0.39 is 0 Å². The molecule has 112 valence electrons. The van der Waals surface area contributed by atoms with Gasteiger partial charge in [0.05, 0.1) is 6.20 Å². The molecule has 0 spiro atoms. The molecule has 2 atom stereocenters. The highest BCUT2D eigenvalue weighted by atomic mass is 32.2. The first kappa shape index (κ1) is 15.4.